The molecule has 1 aliphatic heterocycles. The number of nitrogens with one attached hydrogen (secondary N) is 1. The number of fused-ring (bicyclic) bond motifs is 1. The first-order valence-electron chi connectivity index (χ1n) is 6.28. The van der Waals surface area contributed by atoms with E-state index in [2.05, 4.69) is 5.32 Å². The molecule has 0 radical (unpaired) electrons. The van der Waals surface area contributed by atoms with E-state index in [0.717, 1.165) is 18.5 Å². The first kappa shape index (κ1) is 14.6. The molecule has 1 amide bonds. The van der Waals surface area contributed by atoms with Gasteiger partial charge in [0.1, 0.15) is 11.1 Å². The lowest BCUT2D eigenvalue weighted by Gasteiger charge is -2.27. The lowest BCUT2D eigenvalue weighted by Crippen LogP contribution is -2.47. The van der Waals surface area contributed by atoms with E-state index in [1.165, 1.54) is 0 Å². The maximum Gasteiger partial charge on any atom is 0.349 e. The Hall–Kier alpha value is -1.85. The van der Waals surface area contributed by atoms with Gasteiger partial charge in [-0.3, -0.25) is 4.79 Å². The number of nitrogens with zero attached hydrogens (tertiary/aromatic N) is 1. The van der Waals surface area contributed by atoms with Crippen molar-refractivity contribution in [2.75, 3.05) is 26.2 Å². The molecule has 2 aromatic rings. The molecule has 1 aromatic carbocycles. The smallest absolute Gasteiger partial charge is 0.349 e. The Bertz CT molecular complexity index is 677. The van der Waals surface area contributed by atoms with Crippen LogP contribution < -0.4 is 10.9 Å². The van der Waals surface area contributed by atoms with Gasteiger partial charge in [0.15, 0.2) is 0 Å². The predicted molar refractivity (Wildman–Crippen MR) is 78.5 cm³/mol. The summed E-state index contributed by atoms with van der Waals surface area (Å²) in [5, 5.41) is 3.93. The number of para-hydroxylation sites is 1. The number of halogens is 1. The third-order valence-electron chi connectivity index (χ3n) is 3.28. The minimum atomic E-state index is -0.567. The lowest BCUT2D eigenvalue weighted by molar-refractivity contribution is 0.0731. The van der Waals surface area contributed by atoms with Crippen molar-refractivity contribution in [3.63, 3.8) is 0 Å². The summed E-state index contributed by atoms with van der Waals surface area (Å²) in [6.07, 6.45) is 0. The maximum atomic E-state index is 12.3. The monoisotopic (exact) mass is 294 g/mol. The molecule has 106 valence electrons. The van der Waals surface area contributed by atoms with Gasteiger partial charge < -0.3 is 14.6 Å². The molecule has 0 saturated carbocycles. The number of benzene rings is 1. The van der Waals surface area contributed by atoms with Gasteiger partial charge in [-0.25, -0.2) is 4.79 Å². The van der Waals surface area contributed by atoms with Gasteiger partial charge >= 0.3 is 5.63 Å². The summed E-state index contributed by atoms with van der Waals surface area (Å²) in [6.45, 7) is 2.74. The lowest BCUT2D eigenvalue weighted by atomic mass is 10.1. The van der Waals surface area contributed by atoms with Crippen LogP contribution in [0.2, 0.25) is 0 Å². The second-order valence-corrected chi connectivity index (χ2v) is 4.53. The van der Waals surface area contributed by atoms with Crippen LogP contribution in [-0.4, -0.2) is 37.0 Å². The van der Waals surface area contributed by atoms with Crippen LogP contribution in [0.25, 0.3) is 11.0 Å². The van der Waals surface area contributed by atoms with E-state index in [1.54, 1.807) is 23.1 Å². The fraction of sp³-hybridized carbons (Fsp3) is 0.286. The molecule has 0 bridgehead atoms. The van der Waals surface area contributed by atoms with Gasteiger partial charge in [-0.05, 0) is 12.1 Å². The number of carbonyl (C=O) groups excluding carboxylic acids is 1. The molecule has 6 heteroatoms. The van der Waals surface area contributed by atoms with Crippen molar-refractivity contribution >= 4 is 29.3 Å². The molecule has 2 heterocycles. The maximum absolute atomic E-state index is 12.3. The quantitative estimate of drug-likeness (QED) is 0.804. The minimum absolute atomic E-state index is 0. The van der Waals surface area contributed by atoms with Crippen molar-refractivity contribution in [2.45, 2.75) is 0 Å². The van der Waals surface area contributed by atoms with Crippen LogP contribution in [0.1, 0.15) is 10.4 Å². The summed E-state index contributed by atoms with van der Waals surface area (Å²) >= 11 is 0. The van der Waals surface area contributed by atoms with Crippen molar-refractivity contribution in [1.82, 2.24) is 10.2 Å². The molecular weight excluding hydrogens is 280 g/mol. The van der Waals surface area contributed by atoms with Crippen molar-refractivity contribution in [3.8, 4) is 0 Å². The fourth-order valence-corrected chi connectivity index (χ4v) is 2.25. The number of hydrogen-bond acceptors (Lipinski definition) is 4. The van der Waals surface area contributed by atoms with Gasteiger partial charge in [0.2, 0.25) is 0 Å². The van der Waals surface area contributed by atoms with Gasteiger partial charge in [0, 0.05) is 31.6 Å². The zero-order chi connectivity index (χ0) is 13.2. The highest BCUT2D eigenvalue weighted by atomic mass is 35.5. The van der Waals surface area contributed by atoms with E-state index < -0.39 is 5.63 Å². The van der Waals surface area contributed by atoms with Crippen LogP contribution in [0.3, 0.4) is 0 Å². The van der Waals surface area contributed by atoms with Gasteiger partial charge in [-0.1, -0.05) is 18.2 Å². The van der Waals surface area contributed by atoms with Crippen LogP contribution >= 0.6 is 12.4 Å². The summed E-state index contributed by atoms with van der Waals surface area (Å²) in [6, 6.07) is 8.80. The molecule has 5 nitrogen and oxygen atoms in total. The van der Waals surface area contributed by atoms with Crippen LogP contribution in [0.5, 0.6) is 0 Å². The summed E-state index contributed by atoms with van der Waals surface area (Å²) in [5.41, 5.74) is 0.0483. The Kier molecular flexibility index (Phi) is 4.42. The molecule has 20 heavy (non-hydrogen) atoms. The van der Waals surface area contributed by atoms with Crippen molar-refractivity contribution in [1.29, 1.82) is 0 Å². The number of piperazine rings is 1. The molecular formula is C14H15ClN2O3. The summed E-state index contributed by atoms with van der Waals surface area (Å²) in [7, 11) is 0. The minimum Gasteiger partial charge on any atom is -0.422 e. The topological polar surface area (TPSA) is 62.6 Å². The van der Waals surface area contributed by atoms with E-state index >= 15 is 0 Å². The van der Waals surface area contributed by atoms with Gasteiger partial charge in [0.25, 0.3) is 5.91 Å². The Morgan fingerprint density at radius 1 is 1.20 bits per heavy atom. The molecule has 3 rings (SSSR count). The average molecular weight is 295 g/mol. The normalized spacial score (nSPS) is 14.9. The molecule has 0 atom stereocenters. The van der Waals surface area contributed by atoms with Gasteiger partial charge in [0.05, 0.1) is 0 Å². The summed E-state index contributed by atoms with van der Waals surface area (Å²) < 4.78 is 5.19. The average Bonchev–Trinajstić information content (AvgIpc) is 2.47. The molecule has 1 aromatic heterocycles. The Balaban J connectivity index is 0.00000147. The van der Waals surface area contributed by atoms with E-state index in [4.69, 9.17) is 4.42 Å². The third kappa shape index (κ3) is 2.69. The van der Waals surface area contributed by atoms with Gasteiger partial charge in [-0.15, -0.1) is 12.4 Å². The molecule has 1 aliphatic rings. The number of carbonyl (C=O) groups is 1. The second kappa shape index (κ2) is 6.07. The van der Waals surface area contributed by atoms with Crippen molar-refractivity contribution in [3.05, 3.63) is 46.3 Å². The molecule has 0 unspecified atom stereocenters. The van der Waals surface area contributed by atoms with Crippen LogP contribution in [0.15, 0.2) is 39.5 Å². The highest BCUT2D eigenvalue weighted by molar-refractivity contribution is 5.96. The molecule has 1 fully saturated rings. The van der Waals surface area contributed by atoms with Crippen LogP contribution in [0.4, 0.5) is 0 Å². The van der Waals surface area contributed by atoms with E-state index in [1.807, 2.05) is 12.1 Å². The summed E-state index contributed by atoms with van der Waals surface area (Å²) in [5.74, 6) is -0.249. The first-order valence-corrected chi connectivity index (χ1v) is 6.28. The van der Waals surface area contributed by atoms with Gasteiger partial charge in [-0.2, -0.15) is 0 Å². The second-order valence-electron chi connectivity index (χ2n) is 4.53. The fourth-order valence-electron chi connectivity index (χ4n) is 2.25. The Morgan fingerprint density at radius 2 is 1.90 bits per heavy atom. The zero-order valence-electron chi connectivity index (χ0n) is 10.8. The van der Waals surface area contributed by atoms with E-state index in [9.17, 15) is 9.59 Å². The highest BCUT2D eigenvalue weighted by Gasteiger charge is 2.21. The SMILES string of the molecule is Cl.O=C(c1cc2ccccc2oc1=O)N1CCNCC1. The largest absolute Gasteiger partial charge is 0.422 e. The zero-order valence-corrected chi connectivity index (χ0v) is 11.6. The number of rotatable bonds is 1. The molecule has 0 aliphatic carbocycles. The standard InChI is InChI=1S/C14H14N2O3.ClH/c17-13(16-7-5-15-6-8-16)11-9-10-3-1-2-4-12(10)19-14(11)18;/h1-4,9,15H,5-8H2;1H. The predicted octanol–water partition coefficient (Wildman–Crippen LogP) is 1.26. The number of amides is 1. The Labute approximate surface area is 122 Å². The van der Waals surface area contributed by atoms with Crippen molar-refractivity contribution in [2.24, 2.45) is 0 Å². The van der Waals surface area contributed by atoms with Crippen molar-refractivity contribution < 1.29 is 9.21 Å². The molecule has 1 saturated heterocycles. The highest BCUT2D eigenvalue weighted by Crippen LogP contribution is 2.13. The van der Waals surface area contributed by atoms with Crippen LogP contribution in [-0.2, 0) is 0 Å². The summed E-state index contributed by atoms with van der Waals surface area (Å²) in [4.78, 5) is 25.9. The first-order chi connectivity index (χ1) is 9.25. The Morgan fingerprint density at radius 3 is 2.65 bits per heavy atom. The molecule has 0 spiro atoms. The van der Waals surface area contributed by atoms with E-state index in [-0.39, 0.29) is 23.9 Å². The molecule has 1 N–H and O–H groups in total. The van der Waals surface area contributed by atoms with Crippen LogP contribution in [0, 0.1) is 0 Å². The van der Waals surface area contributed by atoms with E-state index in [0.29, 0.717) is 18.7 Å². The number of hydrogen-bond donors (Lipinski definition) is 1. The third-order valence-corrected chi connectivity index (χ3v) is 3.28.